The van der Waals surface area contributed by atoms with E-state index in [0.717, 1.165) is 0 Å². The first-order chi connectivity index (χ1) is 14.2. The summed E-state index contributed by atoms with van der Waals surface area (Å²) in [6, 6.07) is 4.24. The molecule has 0 spiro atoms. The molecule has 0 fully saturated rings. The third-order valence-corrected chi connectivity index (χ3v) is 5.23. The average molecular weight is 459 g/mol. The van der Waals surface area contributed by atoms with Gasteiger partial charge in [-0.1, -0.05) is 22.9 Å². The van der Waals surface area contributed by atoms with Crippen LogP contribution in [0.4, 0.5) is 18.3 Å². The van der Waals surface area contributed by atoms with Crippen LogP contribution in [0.15, 0.2) is 24.4 Å². The second-order valence-corrected chi connectivity index (χ2v) is 7.42. The molecule has 1 amide bonds. The van der Waals surface area contributed by atoms with E-state index in [1.54, 1.807) is 6.92 Å². The minimum absolute atomic E-state index is 0.0505. The Balaban J connectivity index is 2.03. The number of halogens is 4. The van der Waals surface area contributed by atoms with Crippen molar-refractivity contribution in [3.8, 4) is 16.9 Å². The van der Waals surface area contributed by atoms with E-state index < -0.39 is 29.3 Å². The Labute approximate surface area is 177 Å². The van der Waals surface area contributed by atoms with Crippen molar-refractivity contribution in [3.63, 3.8) is 0 Å². The van der Waals surface area contributed by atoms with Crippen molar-refractivity contribution in [1.82, 2.24) is 15.2 Å². The Hall–Kier alpha value is -2.76. The van der Waals surface area contributed by atoms with Crippen LogP contribution >= 0.6 is 22.9 Å². The SMILES string of the molecule is COc1ccc(Cl)c(F)c1-c1cc(C)ncc1C(=O)Nc1nnc(C(F)(F)CO)s1. The molecule has 7 nitrogen and oxygen atoms in total. The molecule has 2 heterocycles. The number of nitrogens with one attached hydrogen (secondary N) is 1. The Bertz CT molecular complexity index is 1110. The van der Waals surface area contributed by atoms with Gasteiger partial charge in [-0.15, -0.1) is 10.2 Å². The Morgan fingerprint density at radius 2 is 2.10 bits per heavy atom. The predicted molar refractivity (Wildman–Crippen MR) is 105 cm³/mol. The Morgan fingerprint density at radius 1 is 1.37 bits per heavy atom. The molecule has 3 aromatic rings. The summed E-state index contributed by atoms with van der Waals surface area (Å²) in [5.41, 5.74) is 0.516. The lowest BCUT2D eigenvalue weighted by Gasteiger charge is -2.14. The quantitative estimate of drug-likeness (QED) is 0.578. The molecule has 158 valence electrons. The topological polar surface area (TPSA) is 97.2 Å². The summed E-state index contributed by atoms with van der Waals surface area (Å²) in [7, 11) is 1.34. The third-order valence-electron chi connectivity index (χ3n) is 3.99. The lowest BCUT2D eigenvalue weighted by atomic mass is 9.98. The maximum Gasteiger partial charge on any atom is 0.323 e. The fourth-order valence-corrected chi connectivity index (χ4v) is 3.42. The summed E-state index contributed by atoms with van der Waals surface area (Å²) in [5, 5.41) is 16.7. The van der Waals surface area contributed by atoms with Crippen LogP contribution in [0.25, 0.3) is 11.1 Å². The molecule has 0 saturated heterocycles. The largest absolute Gasteiger partial charge is 0.496 e. The first kappa shape index (κ1) is 21.9. The number of amides is 1. The third kappa shape index (κ3) is 4.23. The van der Waals surface area contributed by atoms with Crippen molar-refractivity contribution >= 4 is 34.0 Å². The van der Waals surface area contributed by atoms with Gasteiger partial charge in [-0.3, -0.25) is 15.1 Å². The number of aliphatic hydroxyl groups excluding tert-OH is 1. The number of rotatable bonds is 6. The van der Waals surface area contributed by atoms with Crippen LogP contribution in [-0.4, -0.2) is 39.9 Å². The van der Waals surface area contributed by atoms with Gasteiger partial charge in [0, 0.05) is 17.5 Å². The van der Waals surface area contributed by atoms with Crippen LogP contribution in [0, 0.1) is 12.7 Å². The van der Waals surface area contributed by atoms with Crippen molar-refractivity contribution in [2.24, 2.45) is 0 Å². The van der Waals surface area contributed by atoms with Gasteiger partial charge in [-0.05, 0) is 25.1 Å². The van der Waals surface area contributed by atoms with Crippen LogP contribution in [-0.2, 0) is 5.92 Å². The second-order valence-electron chi connectivity index (χ2n) is 6.04. The fourth-order valence-electron chi connectivity index (χ4n) is 2.56. The first-order valence-electron chi connectivity index (χ1n) is 8.31. The number of nitrogens with zero attached hydrogens (tertiary/aromatic N) is 3. The molecule has 12 heteroatoms. The minimum atomic E-state index is -3.59. The number of aliphatic hydroxyl groups is 1. The Kier molecular flexibility index (Phi) is 6.25. The highest BCUT2D eigenvalue weighted by molar-refractivity contribution is 7.15. The van der Waals surface area contributed by atoms with Crippen LogP contribution < -0.4 is 10.1 Å². The number of alkyl halides is 2. The van der Waals surface area contributed by atoms with Crippen molar-refractivity contribution in [3.05, 3.63) is 51.5 Å². The van der Waals surface area contributed by atoms with Crippen molar-refractivity contribution in [2.75, 3.05) is 19.0 Å². The molecule has 0 bridgehead atoms. The van der Waals surface area contributed by atoms with Gasteiger partial charge < -0.3 is 9.84 Å². The van der Waals surface area contributed by atoms with Gasteiger partial charge in [0.2, 0.25) is 5.13 Å². The predicted octanol–water partition coefficient (Wildman–Crippen LogP) is 4.05. The van der Waals surface area contributed by atoms with Gasteiger partial charge >= 0.3 is 5.92 Å². The van der Waals surface area contributed by atoms with Gasteiger partial charge in [0.1, 0.15) is 12.4 Å². The van der Waals surface area contributed by atoms with Gasteiger partial charge in [0.05, 0.1) is 23.3 Å². The number of carbonyl (C=O) groups excluding carboxylic acids is 1. The highest BCUT2D eigenvalue weighted by atomic mass is 35.5. The van der Waals surface area contributed by atoms with Crippen molar-refractivity contribution in [2.45, 2.75) is 12.8 Å². The zero-order valence-electron chi connectivity index (χ0n) is 15.5. The molecule has 0 aliphatic heterocycles. The number of carbonyl (C=O) groups is 1. The molecule has 0 aliphatic carbocycles. The average Bonchev–Trinajstić information content (AvgIpc) is 3.19. The monoisotopic (exact) mass is 458 g/mol. The van der Waals surface area contributed by atoms with Gasteiger partial charge in [-0.25, -0.2) is 4.39 Å². The summed E-state index contributed by atoms with van der Waals surface area (Å²) < 4.78 is 47.1. The van der Waals surface area contributed by atoms with Gasteiger partial charge in [0.15, 0.2) is 10.8 Å². The molecule has 0 aliphatic rings. The number of anilines is 1. The number of pyridine rings is 1. The zero-order chi connectivity index (χ0) is 22.1. The molecule has 2 N–H and O–H groups in total. The molecule has 30 heavy (non-hydrogen) atoms. The molecule has 0 radical (unpaired) electrons. The van der Waals surface area contributed by atoms with Gasteiger partial charge in [-0.2, -0.15) is 8.78 Å². The summed E-state index contributed by atoms with van der Waals surface area (Å²) in [6.07, 6.45) is 1.21. The van der Waals surface area contributed by atoms with E-state index in [1.807, 2.05) is 0 Å². The molecule has 3 rings (SSSR count). The van der Waals surface area contributed by atoms with Crippen LogP contribution in [0.5, 0.6) is 5.75 Å². The summed E-state index contributed by atoms with van der Waals surface area (Å²) in [5.74, 6) is -5.03. The van der Waals surface area contributed by atoms with E-state index >= 15 is 0 Å². The van der Waals surface area contributed by atoms with Gasteiger partial charge in [0.25, 0.3) is 5.91 Å². The minimum Gasteiger partial charge on any atom is -0.496 e. The summed E-state index contributed by atoms with van der Waals surface area (Å²) in [4.78, 5) is 16.8. The first-order valence-corrected chi connectivity index (χ1v) is 9.50. The standard InChI is InChI=1S/C18H14ClF3N4O3S/c1-8-5-9(13-12(29-2)4-3-11(19)14(13)20)10(6-23-8)15(28)24-17-26-25-16(30-17)18(21,22)7-27/h3-6,27H,7H2,1-2H3,(H,24,26,28). The molecule has 0 unspecified atom stereocenters. The molecule has 0 atom stereocenters. The molecular weight excluding hydrogens is 445 g/mol. The maximum atomic E-state index is 14.8. The molecule has 1 aromatic carbocycles. The van der Waals surface area contributed by atoms with E-state index in [2.05, 4.69) is 20.5 Å². The second kappa shape index (κ2) is 8.54. The van der Waals surface area contributed by atoms with E-state index in [-0.39, 0.29) is 32.6 Å². The number of aromatic nitrogens is 3. The van der Waals surface area contributed by atoms with Crippen LogP contribution in [0.3, 0.4) is 0 Å². The number of aryl methyl sites for hydroxylation is 1. The molecule has 0 saturated carbocycles. The zero-order valence-corrected chi connectivity index (χ0v) is 17.1. The highest BCUT2D eigenvalue weighted by Gasteiger charge is 2.35. The number of hydrogen-bond donors (Lipinski definition) is 2. The Morgan fingerprint density at radius 3 is 2.77 bits per heavy atom. The van der Waals surface area contributed by atoms with E-state index in [0.29, 0.717) is 17.0 Å². The molecular formula is C18H14ClF3N4O3S. The fraction of sp³-hybridized carbons (Fsp3) is 0.222. The normalized spacial score (nSPS) is 11.4. The van der Waals surface area contributed by atoms with Crippen molar-refractivity contribution < 1.29 is 27.8 Å². The summed E-state index contributed by atoms with van der Waals surface area (Å²) >= 11 is 6.30. The van der Waals surface area contributed by atoms with Crippen LogP contribution in [0.2, 0.25) is 5.02 Å². The van der Waals surface area contributed by atoms with E-state index in [9.17, 15) is 18.0 Å². The summed E-state index contributed by atoms with van der Waals surface area (Å²) in [6.45, 7) is 0.198. The smallest absolute Gasteiger partial charge is 0.323 e. The van der Waals surface area contributed by atoms with Crippen LogP contribution in [0.1, 0.15) is 21.1 Å². The number of benzene rings is 1. The highest BCUT2D eigenvalue weighted by Crippen LogP contribution is 2.38. The number of ether oxygens (including phenoxy) is 1. The molecule has 2 aromatic heterocycles. The number of methoxy groups -OCH3 is 1. The lowest BCUT2D eigenvalue weighted by Crippen LogP contribution is -2.17. The van der Waals surface area contributed by atoms with Crippen molar-refractivity contribution in [1.29, 1.82) is 0 Å². The van der Waals surface area contributed by atoms with E-state index in [4.69, 9.17) is 21.4 Å². The lowest BCUT2D eigenvalue weighted by molar-refractivity contribution is -0.0562. The van der Waals surface area contributed by atoms with E-state index in [1.165, 1.54) is 31.5 Å². The maximum absolute atomic E-state index is 14.8. The number of hydrogen-bond acceptors (Lipinski definition) is 7.